The van der Waals surface area contributed by atoms with E-state index >= 15 is 0 Å². The number of nitrogens with zero attached hydrogens (tertiary/aromatic N) is 1. The molecule has 6 N–H and O–H groups in total. The zero-order valence-corrected chi connectivity index (χ0v) is 9.51. The molecule has 2 aromatic carbocycles. The summed E-state index contributed by atoms with van der Waals surface area (Å²) in [6.45, 7) is 0. The predicted molar refractivity (Wildman–Crippen MR) is 72.0 cm³/mol. The van der Waals surface area contributed by atoms with Crippen LogP contribution in [0.3, 0.4) is 0 Å². The van der Waals surface area contributed by atoms with E-state index in [9.17, 15) is 5.11 Å². The fourth-order valence-electron chi connectivity index (χ4n) is 1.90. The van der Waals surface area contributed by atoms with Crippen LogP contribution in [-0.2, 0) is 0 Å². The lowest BCUT2D eigenvalue weighted by Gasteiger charge is -2.01. The normalized spacial score (nSPS) is 10.9. The summed E-state index contributed by atoms with van der Waals surface area (Å²) in [7, 11) is 0. The number of H-pyrrole nitrogens is 1. The number of hydrogen-bond acceptors (Lipinski definition) is 4. The molecule has 0 bridgehead atoms. The Hall–Kier alpha value is -2.69. The number of phenolic OH excluding ortho intramolecular Hbond substituents is 1. The molecule has 90 valence electrons. The van der Waals surface area contributed by atoms with Crippen molar-refractivity contribution in [3.63, 3.8) is 0 Å². The zero-order valence-electron chi connectivity index (χ0n) is 9.51. The Labute approximate surface area is 103 Å². The van der Waals surface area contributed by atoms with Gasteiger partial charge in [0.2, 0.25) is 0 Å². The summed E-state index contributed by atoms with van der Waals surface area (Å²) in [4.78, 5) is 7.53. The molecule has 0 saturated carbocycles. The number of aromatic amines is 1. The molecular formula is C13H12N4O. The number of fused-ring (bicyclic) bond motifs is 1. The summed E-state index contributed by atoms with van der Waals surface area (Å²) in [6.07, 6.45) is 0. The van der Waals surface area contributed by atoms with Crippen LogP contribution in [0.15, 0.2) is 36.4 Å². The Bertz CT molecular complexity index is 733. The van der Waals surface area contributed by atoms with Crippen LogP contribution < -0.4 is 11.5 Å². The number of hydrogen-bond donors (Lipinski definition) is 4. The molecule has 0 spiro atoms. The van der Waals surface area contributed by atoms with Gasteiger partial charge in [0.05, 0.1) is 16.6 Å². The molecule has 0 aliphatic rings. The molecule has 1 aromatic heterocycles. The predicted octanol–water partition coefficient (Wildman–Crippen LogP) is 2.10. The van der Waals surface area contributed by atoms with Crippen molar-refractivity contribution in [1.82, 2.24) is 9.97 Å². The summed E-state index contributed by atoms with van der Waals surface area (Å²) >= 11 is 0. The quantitative estimate of drug-likeness (QED) is 0.489. The van der Waals surface area contributed by atoms with Gasteiger partial charge in [0, 0.05) is 17.4 Å². The highest BCUT2D eigenvalue weighted by molar-refractivity contribution is 5.83. The first-order chi connectivity index (χ1) is 8.63. The van der Waals surface area contributed by atoms with Crippen LogP contribution in [0.25, 0.3) is 22.4 Å². The van der Waals surface area contributed by atoms with Gasteiger partial charge in [0.15, 0.2) is 0 Å². The molecule has 0 saturated heterocycles. The number of nitrogens with one attached hydrogen (secondary N) is 1. The molecule has 0 amide bonds. The molecule has 5 nitrogen and oxygen atoms in total. The molecule has 1 heterocycles. The van der Waals surface area contributed by atoms with E-state index in [4.69, 9.17) is 11.5 Å². The van der Waals surface area contributed by atoms with Crippen molar-refractivity contribution >= 4 is 22.4 Å². The van der Waals surface area contributed by atoms with E-state index < -0.39 is 0 Å². The van der Waals surface area contributed by atoms with Gasteiger partial charge in [-0.15, -0.1) is 0 Å². The van der Waals surface area contributed by atoms with Gasteiger partial charge in [-0.25, -0.2) is 4.98 Å². The van der Waals surface area contributed by atoms with Gasteiger partial charge >= 0.3 is 0 Å². The van der Waals surface area contributed by atoms with Crippen LogP contribution in [0.4, 0.5) is 11.4 Å². The van der Waals surface area contributed by atoms with Crippen molar-refractivity contribution in [2.75, 3.05) is 11.5 Å². The van der Waals surface area contributed by atoms with Gasteiger partial charge in [-0.3, -0.25) is 0 Å². The fraction of sp³-hybridized carbons (Fsp3) is 0. The number of nitrogen functional groups attached to an aromatic ring is 2. The molecular weight excluding hydrogens is 228 g/mol. The Balaban J connectivity index is 2.19. The van der Waals surface area contributed by atoms with Gasteiger partial charge in [-0.2, -0.15) is 0 Å². The molecule has 0 radical (unpaired) electrons. The highest BCUT2D eigenvalue weighted by atomic mass is 16.3. The van der Waals surface area contributed by atoms with Crippen molar-refractivity contribution in [3.05, 3.63) is 36.4 Å². The maximum atomic E-state index is 9.86. The van der Waals surface area contributed by atoms with Crippen molar-refractivity contribution < 1.29 is 5.11 Å². The van der Waals surface area contributed by atoms with Gasteiger partial charge in [0.25, 0.3) is 0 Å². The zero-order chi connectivity index (χ0) is 12.7. The minimum atomic E-state index is 0.0991. The van der Waals surface area contributed by atoms with E-state index in [0.29, 0.717) is 22.8 Å². The maximum Gasteiger partial charge on any atom is 0.142 e. The van der Waals surface area contributed by atoms with E-state index in [-0.39, 0.29) is 5.75 Å². The Morgan fingerprint density at radius 2 is 1.72 bits per heavy atom. The number of imidazole rings is 1. The Morgan fingerprint density at radius 3 is 2.50 bits per heavy atom. The third-order valence-electron chi connectivity index (χ3n) is 2.78. The van der Waals surface area contributed by atoms with Crippen LogP contribution in [-0.4, -0.2) is 15.1 Å². The number of anilines is 2. The second kappa shape index (κ2) is 3.66. The summed E-state index contributed by atoms with van der Waals surface area (Å²) in [5.74, 6) is 0.690. The summed E-state index contributed by atoms with van der Waals surface area (Å²) in [5.41, 5.74) is 14.7. The van der Waals surface area contributed by atoms with E-state index in [2.05, 4.69) is 9.97 Å². The van der Waals surface area contributed by atoms with E-state index in [0.717, 1.165) is 11.0 Å². The number of phenols is 1. The molecule has 0 aliphatic heterocycles. The smallest absolute Gasteiger partial charge is 0.142 e. The van der Waals surface area contributed by atoms with Gasteiger partial charge < -0.3 is 21.6 Å². The monoisotopic (exact) mass is 240 g/mol. The SMILES string of the molecule is Nc1ccc(-c2nc3cc(N)ccc3[nH]2)c(O)c1. The number of aromatic hydroxyl groups is 1. The van der Waals surface area contributed by atoms with Crippen LogP contribution in [0.5, 0.6) is 5.75 Å². The molecule has 0 unspecified atom stereocenters. The summed E-state index contributed by atoms with van der Waals surface area (Å²) < 4.78 is 0. The Kier molecular flexibility index (Phi) is 2.13. The number of benzene rings is 2. The van der Waals surface area contributed by atoms with Crippen LogP contribution in [0.2, 0.25) is 0 Å². The molecule has 3 rings (SSSR count). The first-order valence-corrected chi connectivity index (χ1v) is 5.47. The number of rotatable bonds is 1. The van der Waals surface area contributed by atoms with E-state index in [1.165, 1.54) is 6.07 Å². The molecule has 0 aliphatic carbocycles. The lowest BCUT2D eigenvalue weighted by molar-refractivity contribution is 0.477. The molecule has 5 heteroatoms. The van der Waals surface area contributed by atoms with Crippen LogP contribution in [0.1, 0.15) is 0 Å². The first-order valence-electron chi connectivity index (χ1n) is 5.47. The van der Waals surface area contributed by atoms with Crippen LogP contribution >= 0.6 is 0 Å². The number of aromatic nitrogens is 2. The third kappa shape index (κ3) is 1.62. The van der Waals surface area contributed by atoms with Crippen molar-refractivity contribution in [2.45, 2.75) is 0 Å². The fourth-order valence-corrected chi connectivity index (χ4v) is 1.90. The minimum absolute atomic E-state index is 0.0991. The Morgan fingerprint density at radius 1 is 1.00 bits per heavy atom. The van der Waals surface area contributed by atoms with Gasteiger partial charge in [-0.05, 0) is 30.3 Å². The number of nitrogens with two attached hydrogens (primary N) is 2. The summed E-state index contributed by atoms with van der Waals surface area (Å²) in [6, 6.07) is 10.4. The third-order valence-corrected chi connectivity index (χ3v) is 2.78. The van der Waals surface area contributed by atoms with Gasteiger partial charge in [0.1, 0.15) is 11.6 Å². The van der Waals surface area contributed by atoms with E-state index in [1.54, 1.807) is 24.3 Å². The molecule has 0 atom stereocenters. The van der Waals surface area contributed by atoms with Crippen LogP contribution in [0, 0.1) is 0 Å². The standard InChI is InChI=1S/C13H12N4O/c14-7-2-4-10-11(5-7)17-13(16-10)9-3-1-8(15)6-12(9)18/h1-6,18H,14-15H2,(H,16,17). The maximum absolute atomic E-state index is 9.86. The molecule has 3 aromatic rings. The van der Waals surface area contributed by atoms with E-state index in [1.807, 2.05) is 6.07 Å². The lowest BCUT2D eigenvalue weighted by atomic mass is 10.2. The highest BCUT2D eigenvalue weighted by Crippen LogP contribution is 2.30. The lowest BCUT2D eigenvalue weighted by Crippen LogP contribution is -1.86. The highest BCUT2D eigenvalue weighted by Gasteiger charge is 2.09. The van der Waals surface area contributed by atoms with Crippen molar-refractivity contribution in [1.29, 1.82) is 0 Å². The molecule has 18 heavy (non-hydrogen) atoms. The molecule has 0 fully saturated rings. The van der Waals surface area contributed by atoms with Crippen molar-refractivity contribution in [2.24, 2.45) is 0 Å². The average Bonchev–Trinajstić information content (AvgIpc) is 2.71. The van der Waals surface area contributed by atoms with Crippen molar-refractivity contribution in [3.8, 4) is 17.1 Å². The average molecular weight is 240 g/mol. The largest absolute Gasteiger partial charge is 0.507 e. The minimum Gasteiger partial charge on any atom is -0.507 e. The topological polar surface area (TPSA) is 101 Å². The second-order valence-corrected chi connectivity index (χ2v) is 4.14. The second-order valence-electron chi connectivity index (χ2n) is 4.14. The van der Waals surface area contributed by atoms with Gasteiger partial charge in [-0.1, -0.05) is 0 Å². The summed E-state index contributed by atoms with van der Waals surface area (Å²) in [5, 5.41) is 9.86. The first kappa shape index (κ1) is 10.5.